The van der Waals surface area contributed by atoms with Crippen molar-refractivity contribution in [1.82, 2.24) is 4.98 Å². The molecule has 0 saturated carbocycles. The van der Waals surface area contributed by atoms with E-state index >= 15 is 0 Å². The lowest BCUT2D eigenvalue weighted by Gasteiger charge is -1.94. The number of nitrogens with two attached hydrogens (primary N) is 1. The maximum Gasteiger partial charge on any atom is 0.317 e. The molecule has 1 aromatic heterocycles. The zero-order valence-corrected chi connectivity index (χ0v) is 9.90. The molecule has 0 aliphatic heterocycles. The first kappa shape index (κ1) is 12.0. The van der Waals surface area contributed by atoms with Crippen LogP contribution in [0.3, 0.4) is 0 Å². The van der Waals surface area contributed by atoms with Gasteiger partial charge in [0.25, 0.3) is 6.01 Å². The number of esters is 1. The van der Waals surface area contributed by atoms with Crippen molar-refractivity contribution in [2.45, 2.75) is 13.3 Å². The van der Waals surface area contributed by atoms with E-state index in [1.54, 1.807) is 25.1 Å². The van der Waals surface area contributed by atoms with Crippen LogP contribution in [-0.4, -0.2) is 17.6 Å². The monoisotopic (exact) mass is 244 g/mol. The Morgan fingerprint density at radius 3 is 3.17 bits per heavy atom. The number of oxazole rings is 1. The number of nitrogen functional groups attached to an aromatic ring is 1. The highest BCUT2D eigenvalue weighted by Gasteiger charge is 2.02. The van der Waals surface area contributed by atoms with E-state index in [-0.39, 0.29) is 18.4 Å². The lowest BCUT2D eigenvalue weighted by molar-refractivity contribution is -0.141. The summed E-state index contributed by atoms with van der Waals surface area (Å²) in [5.74, 6) is 5.28. The lowest BCUT2D eigenvalue weighted by atomic mass is 10.2. The predicted octanol–water partition coefficient (Wildman–Crippen LogP) is 1.71. The van der Waals surface area contributed by atoms with Crippen LogP contribution in [0.25, 0.3) is 11.1 Å². The SMILES string of the molecule is CCOC(=O)CC#Cc1ccc2oc(N)nc2c1. The molecule has 0 aliphatic carbocycles. The minimum atomic E-state index is -0.322. The summed E-state index contributed by atoms with van der Waals surface area (Å²) in [6.07, 6.45) is 0.0762. The van der Waals surface area contributed by atoms with Gasteiger partial charge in [0, 0.05) is 5.56 Å². The van der Waals surface area contributed by atoms with Crippen molar-refractivity contribution >= 4 is 23.1 Å². The van der Waals surface area contributed by atoms with Gasteiger partial charge in [-0.25, -0.2) is 0 Å². The summed E-state index contributed by atoms with van der Waals surface area (Å²) in [4.78, 5) is 15.1. The summed E-state index contributed by atoms with van der Waals surface area (Å²) in [7, 11) is 0. The number of aromatic nitrogens is 1. The second-order valence-electron chi connectivity index (χ2n) is 3.52. The minimum absolute atomic E-state index is 0.0762. The first-order valence-electron chi connectivity index (χ1n) is 5.49. The molecule has 0 aliphatic rings. The fourth-order valence-corrected chi connectivity index (χ4v) is 1.45. The van der Waals surface area contributed by atoms with Crippen molar-refractivity contribution in [3.8, 4) is 11.8 Å². The van der Waals surface area contributed by atoms with Gasteiger partial charge in [-0.15, -0.1) is 0 Å². The topological polar surface area (TPSA) is 78.3 Å². The molecule has 0 spiro atoms. The molecular weight excluding hydrogens is 232 g/mol. The zero-order chi connectivity index (χ0) is 13.0. The van der Waals surface area contributed by atoms with Crippen LogP contribution in [0.15, 0.2) is 22.6 Å². The van der Waals surface area contributed by atoms with Gasteiger partial charge in [0.2, 0.25) is 0 Å². The van der Waals surface area contributed by atoms with Crippen molar-refractivity contribution in [3.05, 3.63) is 23.8 Å². The molecule has 5 heteroatoms. The van der Waals surface area contributed by atoms with E-state index in [0.717, 1.165) is 5.56 Å². The van der Waals surface area contributed by atoms with Crippen LogP contribution in [0.1, 0.15) is 18.9 Å². The molecule has 2 rings (SSSR count). The molecule has 1 heterocycles. The van der Waals surface area contributed by atoms with Crippen LogP contribution in [0.2, 0.25) is 0 Å². The van der Waals surface area contributed by atoms with Crippen LogP contribution in [0.4, 0.5) is 6.01 Å². The van der Waals surface area contributed by atoms with Gasteiger partial charge < -0.3 is 14.9 Å². The normalized spacial score (nSPS) is 9.83. The summed E-state index contributed by atoms with van der Waals surface area (Å²) >= 11 is 0. The van der Waals surface area contributed by atoms with Crippen LogP contribution < -0.4 is 5.73 Å². The Kier molecular flexibility index (Phi) is 3.49. The number of nitrogens with zero attached hydrogens (tertiary/aromatic N) is 1. The first-order chi connectivity index (χ1) is 8.69. The van der Waals surface area contributed by atoms with Crippen LogP contribution >= 0.6 is 0 Å². The average Bonchev–Trinajstić information content (AvgIpc) is 2.69. The third kappa shape index (κ3) is 2.80. The molecule has 0 saturated heterocycles. The van der Waals surface area contributed by atoms with Gasteiger partial charge in [-0.2, -0.15) is 4.98 Å². The summed E-state index contributed by atoms with van der Waals surface area (Å²) < 4.78 is 9.91. The van der Waals surface area contributed by atoms with E-state index in [0.29, 0.717) is 17.7 Å². The van der Waals surface area contributed by atoms with E-state index in [2.05, 4.69) is 16.8 Å². The molecule has 2 N–H and O–H groups in total. The third-order valence-corrected chi connectivity index (χ3v) is 2.17. The van der Waals surface area contributed by atoms with Crippen LogP contribution in [-0.2, 0) is 9.53 Å². The van der Waals surface area contributed by atoms with Crippen molar-refractivity contribution in [2.24, 2.45) is 0 Å². The summed E-state index contributed by atoms with van der Waals surface area (Å²) in [5.41, 5.74) is 7.45. The average molecular weight is 244 g/mol. The first-order valence-corrected chi connectivity index (χ1v) is 5.49. The Hall–Kier alpha value is -2.48. The van der Waals surface area contributed by atoms with E-state index < -0.39 is 0 Å². The van der Waals surface area contributed by atoms with Gasteiger partial charge in [0.15, 0.2) is 5.58 Å². The Balaban J connectivity index is 2.12. The molecule has 0 fully saturated rings. The number of carbonyl (C=O) groups is 1. The molecule has 2 aromatic rings. The molecule has 92 valence electrons. The van der Waals surface area contributed by atoms with Gasteiger partial charge in [-0.05, 0) is 25.1 Å². The molecule has 18 heavy (non-hydrogen) atoms. The highest BCUT2D eigenvalue weighted by atomic mass is 16.5. The van der Waals surface area contributed by atoms with Crippen LogP contribution in [0.5, 0.6) is 0 Å². The highest BCUT2D eigenvalue weighted by Crippen LogP contribution is 2.17. The predicted molar refractivity (Wildman–Crippen MR) is 66.5 cm³/mol. The van der Waals surface area contributed by atoms with E-state index in [9.17, 15) is 4.79 Å². The van der Waals surface area contributed by atoms with E-state index in [4.69, 9.17) is 14.9 Å². The van der Waals surface area contributed by atoms with Gasteiger partial charge in [0.05, 0.1) is 6.61 Å². The number of benzene rings is 1. The number of fused-ring (bicyclic) bond motifs is 1. The lowest BCUT2D eigenvalue weighted by Crippen LogP contribution is -2.01. The van der Waals surface area contributed by atoms with Gasteiger partial charge in [-0.3, -0.25) is 4.79 Å². The van der Waals surface area contributed by atoms with Crippen molar-refractivity contribution in [3.63, 3.8) is 0 Å². The largest absolute Gasteiger partial charge is 0.465 e. The van der Waals surface area contributed by atoms with Gasteiger partial charge in [0.1, 0.15) is 11.9 Å². The van der Waals surface area contributed by atoms with Crippen LogP contribution in [0, 0.1) is 11.8 Å². The number of carbonyl (C=O) groups excluding carboxylic acids is 1. The standard InChI is InChI=1S/C13H12N2O3/c1-2-17-12(16)5-3-4-9-6-7-11-10(8-9)15-13(14)18-11/h6-8H,2,5H2,1H3,(H2,14,15). The fourth-order valence-electron chi connectivity index (χ4n) is 1.45. The maximum atomic E-state index is 11.1. The molecular formula is C13H12N2O3. The molecule has 0 radical (unpaired) electrons. The Morgan fingerprint density at radius 1 is 1.56 bits per heavy atom. The summed E-state index contributed by atoms with van der Waals surface area (Å²) in [6, 6.07) is 5.41. The van der Waals surface area contributed by atoms with Gasteiger partial charge in [-0.1, -0.05) is 11.8 Å². The molecule has 0 amide bonds. The number of anilines is 1. The summed E-state index contributed by atoms with van der Waals surface area (Å²) in [6.45, 7) is 2.12. The van der Waals surface area contributed by atoms with Gasteiger partial charge >= 0.3 is 5.97 Å². The molecule has 0 unspecified atom stereocenters. The number of ether oxygens (including phenoxy) is 1. The maximum absolute atomic E-state index is 11.1. The van der Waals surface area contributed by atoms with Crippen molar-refractivity contribution in [1.29, 1.82) is 0 Å². The minimum Gasteiger partial charge on any atom is -0.465 e. The quantitative estimate of drug-likeness (QED) is 0.642. The molecule has 1 aromatic carbocycles. The molecule has 0 bridgehead atoms. The smallest absolute Gasteiger partial charge is 0.317 e. The second-order valence-corrected chi connectivity index (χ2v) is 3.52. The number of hydrogen-bond acceptors (Lipinski definition) is 5. The van der Waals surface area contributed by atoms with Crippen molar-refractivity contribution < 1.29 is 13.9 Å². The summed E-state index contributed by atoms with van der Waals surface area (Å²) in [5, 5.41) is 0. The Labute approximate surface area is 104 Å². The van der Waals surface area contributed by atoms with E-state index in [1.807, 2.05) is 0 Å². The fraction of sp³-hybridized carbons (Fsp3) is 0.231. The molecule has 0 atom stereocenters. The van der Waals surface area contributed by atoms with Crippen molar-refractivity contribution in [2.75, 3.05) is 12.3 Å². The third-order valence-electron chi connectivity index (χ3n) is 2.17. The highest BCUT2D eigenvalue weighted by molar-refractivity contribution is 5.76. The Bertz CT molecular complexity index is 634. The Morgan fingerprint density at radius 2 is 2.39 bits per heavy atom. The second kappa shape index (κ2) is 5.23. The number of hydrogen-bond donors (Lipinski definition) is 1. The number of rotatable bonds is 2. The molecule has 5 nitrogen and oxygen atoms in total. The zero-order valence-electron chi connectivity index (χ0n) is 9.90. The van der Waals surface area contributed by atoms with E-state index in [1.165, 1.54) is 0 Å².